The number of carbonyl (C=O) groups is 1. The van der Waals surface area contributed by atoms with Crippen molar-refractivity contribution in [2.24, 2.45) is 0 Å². The zero-order valence-electron chi connectivity index (χ0n) is 21.3. The molecule has 0 N–H and O–H groups in total. The van der Waals surface area contributed by atoms with Crippen molar-refractivity contribution in [3.63, 3.8) is 0 Å². The number of fused-ring (bicyclic) bond motifs is 1. The van der Waals surface area contributed by atoms with Crippen molar-refractivity contribution in [1.82, 2.24) is 9.88 Å². The summed E-state index contributed by atoms with van der Waals surface area (Å²) in [5, 5.41) is 0. The molecule has 3 aromatic rings. The Kier molecular flexibility index (Phi) is 6.86. The average Bonchev–Trinajstić information content (AvgIpc) is 3.32. The van der Waals surface area contributed by atoms with Gasteiger partial charge in [-0.15, -0.1) is 11.3 Å². The van der Waals surface area contributed by atoms with Gasteiger partial charge in [0, 0.05) is 41.8 Å². The van der Waals surface area contributed by atoms with Crippen LogP contribution in [0.5, 0.6) is 5.75 Å². The molecule has 2 aromatic heterocycles. The van der Waals surface area contributed by atoms with Crippen molar-refractivity contribution in [3.05, 3.63) is 70.4 Å². The molecule has 0 spiro atoms. The highest BCUT2D eigenvalue weighted by atomic mass is 32.1. The van der Waals surface area contributed by atoms with E-state index in [1.54, 1.807) is 24.6 Å². The van der Waals surface area contributed by atoms with Crippen molar-refractivity contribution in [2.75, 3.05) is 20.2 Å². The van der Waals surface area contributed by atoms with Gasteiger partial charge in [0.2, 0.25) is 0 Å². The number of carbonyl (C=O) groups excluding carboxylic acids is 1. The summed E-state index contributed by atoms with van der Waals surface area (Å²) in [5.74, 6) is 0.959. The van der Waals surface area contributed by atoms with E-state index in [1.165, 1.54) is 17.5 Å². The molecule has 1 aromatic carbocycles. The molecule has 0 unspecified atom stereocenters. The van der Waals surface area contributed by atoms with E-state index < -0.39 is 0 Å². The molecule has 0 bridgehead atoms. The molecule has 0 fully saturated rings. The van der Waals surface area contributed by atoms with Crippen LogP contribution in [-0.2, 0) is 17.3 Å². The Bertz CT molecular complexity index is 1160. The minimum Gasteiger partial charge on any atom is -0.496 e. The lowest BCUT2D eigenvalue weighted by Gasteiger charge is -2.42. The summed E-state index contributed by atoms with van der Waals surface area (Å²) in [5.41, 5.74) is 5.10. The molecule has 2 heterocycles. The Hall–Kier alpha value is -2.66. The van der Waals surface area contributed by atoms with Crippen LogP contribution in [0.3, 0.4) is 0 Å². The number of aromatic nitrogens is 1. The number of hydrogen-bond acceptors (Lipinski definition) is 4. The molecule has 4 rings (SSSR count). The topological polar surface area (TPSA) is 42.4 Å². The monoisotopic (exact) mass is 476 g/mol. The van der Waals surface area contributed by atoms with Gasteiger partial charge in [-0.1, -0.05) is 33.8 Å². The van der Waals surface area contributed by atoms with Gasteiger partial charge in [-0.25, -0.2) is 0 Å². The molecule has 0 atom stereocenters. The highest BCUT2D eigenvalue weighted by molar-refractivity contribution is 7.17. The Morgan fingerprint density at radius 3 is 2.38 bits per heavy atom. The zero-order chi connectivity index (χ0) is 24.5. The normalized spacial score (nSPS) is 16.1. The van der Waals surface area contributed by atoms with Gasteiger partial charge < -0.3 is 9.64 Å². The fraction of sp³-hybridized carbons (Fsp3) is 0.448. The van der Waals surface area contributed by atoms with Gasteiger partial charge in [-0.2, -0.15) is 0 Å². The molecule has 0 radical (unpaired) electrons. The number of hydrogen-bond donors (Lipinski definition) is 0. The number of thiophene rings is 1. The quantitative estimate of drug-likeness (QED) is 0.374. The van der Waals surface area contributed by atoms with Crippen LogP contribution in [0.15, 0.2) is 48.7 Å². The highest BCUT2D eigenvalue weighted by Crippen LogP contribution is 2.49. The maximum atomic E-state index is 13.3. The van der Waals surface area contributed by atoms with Gasteiger partial charge >= 0.3 is 0 Å². The summed E-state index contributed by atoms with van der Waals surface area (Å²) in [7, 11) is 1.74. The van der Waals surface area contributed by atoms with Gasteiger partial charge in [0.25, 0.3) is 5.91 Å². The van der Waals surface area contributed by atoms with Gasteiger partial charge in [-0.05, 0) is 78.1 Å². The second kappa shape index (κ2) is 9.53. The summed E-state index contributed by atoms with van der Waals surface area (Å²) in [6.07, 6.45) is 4.88. The van der Waals surface area contributed by atoms with Crippen molar-refractivity contribution >= 4 is 17.2 Å². The smallest absolute Gasteiger partial charge is 0.263 e. The van der Waals surface area contributed by atoms with E-state index in [9.17, 15) is 4.79 Å². The molecule has 0 saturated heterocycles. The highest BCUT2D eigenvalue weighted by Gasteiger charge is 2.38. The van der Waals surface area contributed by atoms with Crippen LogP contribution in [0.25, 0.3) is 10.4 Å². The first-order chi connectivity index (χ1) is 16.2. The van der Waals surface area contributed by atoms with Crippen LogP contribution in [-0.4, -0.2) is 36.0 Å². The second-order valence-electron chi connectivity index (χ2n) is 10.5. The molecule has 34 heavy (non-hydrogen) atoms. The average molecular weight is 477 g/mol. The molecule has 1 aliphatic carbocycles. The largest absolute Gasteiger partial charge is 0.496 e. The van der Waals surface area contributed by atoms with Crippen molar-refractivity contribution in [3.8, 4) is 16.2 Å². The minimum atomic E-state index is 0.0769. The lowest BCUT2D eigenvalue weighted by Crippen LogP contribution is -2.33. The lowest BCUT2D eigenvalue weighted by atomic mass is 9.63. The third-order valence-electron chi connectivity index (χ3n) is 7.29. The Labute approximate surface area is 208 Å². The van der Waals surface area contributed by atoms with Gasteiger partial charge in [0.05, 0.1) is 12.0 Å². The van der Waals surface area contributed by atoms with Crippen LogP contribution in [0, 0.1) is 0 Å². The van der Waals surface area contributed by atoms with Crippen molar-refractivity contribution in [1.29, 1.82) is 0 Å². The predicted molar refractivity (Wildman–Crippen MR) is 141 cm³/mol. The molecule has 0 aliphatic heterocycles. The molecule has 4 nitrogen and oxygen atoms in total. The molecule has 1 amide bonds. The van der Waals surface area contributed by atoms with Crippen LogP contribution in [0.1, 0.15) is 74.0 Å². The molecule has 180 valence electrons. The number of methoxy groups -OCH3 is 1. The van der Waals surface area contributed by atoms with E-state index in [1.807, 2.05) is 36.1 Å². The Morgan fingerprint density at radius 1 is 1.06 bits per heavy atom. The standard InChI is InChI=1S/C29H36N2O2S/c1-7-31(17-13-20-10-8-9-16-30-20)27(32)26-12-11-25(34-26)21-18-22-23(19-24(21)33-6)29(4,5)15-14-28(22,2)3/h8-12,16,18-19H,7,13-15,17H2,1-6H3. The van der Waals surface area contributed by atoms with Crippen LogP contribution < -0.4 is 4.74 Å². The zero-order valence-corrected chi connectivity index (χ0v) is 22.1. The van der Waals surface area contributed by atoms with Gasteiger partial charge in [0.15, 0.2) is 0 Å². The van der Waals surface area contributed by atoms with E-state index in [-0.39, 0.29) is 16.7 Å². The summed E-state index contributed by atoms with van der Waals surface area (Å²) in [4.78, 5) is 21.4. The summed E-state index contributed by atoms with van der Waals surface area (Å²) >= 11 is 1.55. The third kappa shape index (κ3) is 4.76. The van der Waals surface area contributed by atoms with E-state index in [2.05, 4.69) is 50.9 Å². The molecular formula is C29H36N2O2S. The van der Waals surface area contributed by atoms with Crippen molar-refractivity contribution in [2.45, 2.75) is 64.7 Å². The van der Waals surface area contributed by atoms with Gasteiger partial charge in [0.1, 0.15) is 5.75 Å². The number of rotatable bonds is 7. The Balaban J connectivity index is 1.63. The SMILES string of the molecule is CCN(CCc1ccccn1)C(=O)c1ccc(-c2cc3c(cc2OC)C(C)(C)CCC3(C)C)s1. The maximum absolute atomic E-state index is 13.3. The first-order valence-electron chi connectivity index (χ1n) is 12.2. The fourth-order valence-electron chi connectivity index (χ4n) is 4.91. The molecule has 0 saturated carbocycles. The summed E-state index contributed by atoms with van der Waals surface area (Å²) in [6.45, 7) is 12.7. The predicted octanol–water partition coefficient (Wildman–Crippen LogP) is 6.87. The van der Waals surface area contributed by atoms with E-state index in [0.717, 1.165) is 39.6 Å². The number of nitrogens with zero attached hydrogens (tertiary/aromatic N) is 2. The first-order valence-corrected chi connectivity index (χ1v) is 13.0. The second-order valence-corrected chi connectivity index (χ2v) is 11.6. The fourth-order valence-corrected chi connectivity index (χ4v) is 5.90. The van der Waals surface area contributed by atoms with E-state index >= 15 is 0 Å². The van der Waals surface area contributed by atoms with Gasteiger partial charge in [-0.3, -0.25) is 9.78 Å². The third-order valence-corrected chi connectivity index (χ3v) is 8.39. The summed E-state index contributed by atoms with van der Waals surface area (Å²) < 4.78 is 5.86. The minimum absolute atomic E-state index is 0.0769. The van der Waals surface area contributed by atoms with Crippen LogP contribution >= 0.6 is 11.3 Å². The number of pyridine rings is 1. The van der Waals surface area contributed by atoms with Crippen LogP contribution in [0.2, 0.25) is 0 Å². The molecule has 1 aliphatic rings. The molecule has 5 heteroatoms. The Morgan fingerprint density at radius 2 is 1.76 bits per heavy atom. The number of ether oxygens (including phenoxy) is 1. The first kappa shape index (κ1) is 24.5. The number of amides is 1. The van der Waals surface area contributed by atoms with E-state index in [4.69, 9.17) is 4.74 Å². The number of likely N-dealkylation sites (N-methyl/N-ethyl adjacent to an activating group) is 1. The molecular weight excluding hydrogens is 440 g/mol. The number of benzene rings is 1. The van der Waals surface area contributed by atoms with Crippen molar-refractivity contribution < 1.29 is 9.53 Å². The lowest BCUT2D eigenvalue weighted by molar-refractivity contribution is 0.0770. The van der Waals surface area contributed by atoms with E-state index in [0.29, 0.717) is 13.1 Å². The maximum Gasteiger partial charge on any atom is 0.263 e. The summed E-state index contributed by atoms with van der Waals surface area (Å²) in [6, 6.07) is 14.5. The van der Waals surface area contributed by atoms with Crippen LogP contribution in [0.4, 0.5) is 0 Å².